The van der Waals surface area contributed by atoms with Gasteiger partial charge in [0.25, 0.3) is 0 Å². The fourth-order valence-corrected chi connectivity index (χ4v) is 2.49. The maximum absolute atomic E-state index is 11.9. The first-order valence-corrected chi connectivity index (χ1v) is 6.51. The highest BCUT2D eigenvalue weighted by Gasteiger charge is 2.20. The molecule has 1 aromatic rings. The van der Waals surface area contributed by atoms with Crippen LogP contribution in [0.2, 0.25) is 0 Å². The Morgan fingerprint density at radius 1 is 1.75 bits per heavy atom. The second-order valence-electron chi connectivity index (χ2n) is 4.29. The Kier molecular flexibility index (Phi) is 3.90. The van der Waals surface area contributed by atoms with Gasteiger partial charge in [0, 0.05) is 18.8 Å². The quantitative estimate of drug-likeness (QED) is 0.856. The molecule has 0 saturated carbocycles. The molecule has 1 unspecified atom stereocenters. The van der Waals surface area contributed by atoms with Gasteiger partial charge in [-0.3, -0.25) is 4.79 Å². The average molecular weight is 239 g/mol. The van der Waals surface area contributed by atoms with Crippen molar-refractivity contribution < 1.29 is 4.79 Å². The number of amides is 1. The lowest BCUT2D eigenvalue weighted by Crippen LogP contribution is -2.28. The van der Waals surface area contributed by atoms with E-state index in [1.807, 2.05) is 12.4 Å². The summed E-state index contributed by atoms with van der Waals surface area (Å²) in [7, 11) is 1.85. The molecule has 1 aromatic heterocycles. The summed E-state index contributed by atoms with van der Waals surface area (Å²) in [6.07, 6.45) is 1.78. The Bertz CT molecular complexity index is 333. The van der Waals surface area contributed by atoms with Crippen molar-refractivity contribution in [2.24, 2.45) is 5.92 Å². The number of hydrogen-bond acceptors (Lipinski definition) is 4. The number of thiazole rings is 1. The second-order valence-corrected chi connectivity index (χ2v) is 5.01. The maximum Gasteiger partial charge on any atom is 0.222 e. The largest absolute Gasteiger partial charge is 0.340 e. The van der Waals surface area contributed by atoms with Gasteiger partial charge in [-0.25, -0.2) is 4.98 Å². The fourth-order valence-electron chi connectivity index (χ4n) is 1.94. The molecule has 1 saturated heterocycles. The van der Waals surface area contributed by atoms with Crippen LogP contribution < -0.4 is 5.32 Å². The van der Waals surface area contributed by atoms with Gasteiger partial charge in [-0.05, 0) is 25.4 Å². The van der Waals surface area contributed by atoms with Gasteiger partial charge in [-0.15, -0.1) is 11.3 Å². The number of aromatic nitrogens is 1. The van der Waals surface area contributed by atoms with Crippen molar-refractivity contribution in [3.05, 3.63) is 16.6 Å². The van der Waals surface area contributed by atoms with Gasteiger partial charge in [-0.2, -0.15) is 0 Å². The molecule has 0 aromatic carbocycles. The molecule has 2 heterocycles. The number of nitrogens with one attached hydrogen (secondary N) is 1. The van der Waals surface area contributed by atoms with Crippen LogP contribution in [-0.2, 0) is 11.3 Å². The number of rotatable bonds is 4. The Labute approximate surface area is 99.7 Å². The molecule has 1 fully saturated rings. The Hall–Kier alpha value is -0.940. The molecule has 1 aliphatic rings. The molecule has 0 aliphatic carbocycles. The summed E-state index contributed by atoms with van der Waals surface area (Å²) >= 11 is 1.57. The first-order valence-electron chi connectivity index (χ1n) is 5.57. The molecule has 16 heavy (non-hydrogen) atoms. The van der Waals surface area contributed by atoms with Crippen LogP contribution in [0.4, 0.5) is 0 Å². The van der Waals surface area contributed by atoms with E-state index in [0.717, 1.165) is 25.2 Å². The van der Waals surface area contributed by atoms with Crippen LogP contribution >= 0.6 is 11.3 Å². The minimum atomic E-state index is 0.224. The minimum absolute atomic E-state index is 0.224. The Balaban J connectivity index is 1.79. The summed E-state index contributed by atoms with van der Waals surface area (Å²) in [6, 6.07) is 0. The third-order valence-electron chi connectivity index (χ3n) is 2.93. The number of carbonyl (C=O) groups is 1. The molecule has 1 atom stereocenters. The van der Waals surface area contributed by atoms with Crippen molar-refractivity contribution in [1.82, 2.24) is 15.2 Å². The van der Waals surface area contributed by atoms with Gasteiger partial charge in [0.1, 0.15) is 0 Å². The molecule has 1 aliphatic heterocycles. The second kappa shape index (κ2) is 5.41. The Morgan fingerprint density at radius 3 is 3.25 bits per heavy atom. The number of carbonyl (C=O) groups excluding carboxylic acids is 1. The topological polar surface area (TPSA) is 45.2 Å². The SMILES string of the molecule is CN(Cc1cscn1)C(=O)CC1CCNC1. The van der Waals surface area contributed by atoms with E-state index in [2.05, 4.69) is 10.3 Å². The highest BCUT2D eigenvalue weighted by molar-refractivity contribution is 7.07. The molecule has 0 radical (unpaired) electrons. The van der Waals surface area contributed by atoms with Crippen molar-refractivity contribution in [2.45, 2.75) is 19.4 Å². The molecular weight excluding hydrogens is 222 g/mol. The molecule has 0 bridgehead atoms. The van der Waals surface area contributed by atoms with E-state index in [1.54, 1.807) is 21.7 Å². The standard InChI is InChI=1S/C11H17N3OS/c1-14(6-10-7-16-8-13-10)11(15)4-9-2-3-12-5-9/h7-9,12H,2-6H2,1H3. The molecule has 1 amide bonds. The normalized spacial score (nSPS) is 19.9. The average Bonchev–Trinajstić information content (AvgIpc) is 2.90. The van der Waals surface area contributed by atoms with Crippen LogP contribution in [0.15, 0.2) is 10.9 Å². The van der Waals surface area contributed by atoms with Gasteiger partial charge in [0.15, 0.2) is 0 Å². The van der Waals surface area contributed by atoms with E-state index in [0.29, 0.717) is 18.9 Å². The zero-order valence-corrected chi connectivity index (χ0v) is 10.3. The fraction of sp³-hybridized carbons (Fsp3) is 0.636. The summed E-state index contributed by atoms with van der Waals surface area (Å²) in [6.45, 7) is 2.66. The van der Waals surface area contributed by atoms with Crippen LogP contribution in [0.1, 0.15) is 18.5 Å². The molecule has 0 spiro atoms. The third-order valence-corrected chi connectivity index (χ3v) is 3.57. The molecule has 5 heteroatoms. The smallest absolute Gasteiger partial charge is 0.222 e. The van der Waals surface area contributed by atoms with Gasteiger partial charge >= 0.3 is 0 Å². The molecule has 1 N–H and O–H groups in total. The first kappa shape index (κ1) is 11.5. The molecule has 2 rings (SSSR count). The summed E-state index contributed by atoms with van der Waals surface area (Å²) in [5.41, 5.74) is 2.78. The zero-order valence-electron chi connectivity index (χ0n) is 9.48. The zero-order chi connectivity index (χ0) is 11.4. The van der Waals surface area contributed by atoms with Crippen molar-refractivity contribution in [3.8, 4) is 0 Å². The third kappa shape index (κ3) is 3.02. The predicted molar refractivity (Wildman–Crippen MR) is 64.2 cm³/mol. The molecule has 4 nitrogen and oxygen atoms in total. The summed E-state index contributed by atoms with van der Waals surface area (Å²) in [4.78, 5) is 17.9. The van der Waals surface area contributed by atoms with Gasteiger partial charge < -0.3 is 10.2 Å². The van der Waals surface area contributed by atoms with E-state index in [9.17, 15) is 4.79 Å². The van der Waals surface area contributed by atoms with Crippen LogP contribution in [0.25, 0.3) is 0 Å². The monoisotopic (exact) mass is 239 g/mol. The van der Waals surface area contributed by atoms with Crippen LogP contribution in [0, 0.1) is 5.92 Å². The number of hydrogen-bond donors (Lipinski definition) is 1. The van der Waals surface area contributed by atoms with Crippen LogP contribution in [0.5, 0.6) is 0 Å². The van der Waals surface area contributed by atoms with Crippen molar-refractivity contribution in [2.75, 3.05) is 20.1 Å². The summed E-state index contributed by atoms with van der Waals surface area (Å²) < 4.78 is 0. The minimum Gasteiger partial charge on any atom is -0.340 e. The Morgan fingerprint density at radius 2 is 2.62 bits per heavy atom. The highest BCUT2D eigenvalue weighted by Crippen LogP contribution is 2.14. The van der Waals surface area contributed by atoms with E-state index >= 15 is 0 Å². The van der Waals surface area contributed by atoms with Crippen LogP contribution in [-0.4, -0.2) is 35.9 Å². The van der Waals surface area contributed by atoms with Crippen LogP contribution in [0.3, 0.4) is 0 Å². The molecule has 88 valence electrons. The van der Waals surface area contributed by atoms with E-state index in [-0.39, 0.29) is 5.91 Å². The summed E-state index contributed by atoms with van der Waals surface area (Å²) in [5.74, 6) is 0.743. The van der Waals surface area contributed by atoms with Crippen molar-refractivity contribution >= 4 is 17.2 Å². The predicted octanol–water partition coefficient (Wildman–Crippen LogP) is 1.10. The lowest BCUT2D eigenvalue weighted by molar-refractivity contribution is -0.131. The highest BCUT2D eigenvalue weighted by atomic mass is 32.1. The maximum atomic E-state index is 11.9. The van der Waals surface area contributed by atoms with E-state index < -0.39 is 0 Å². The first-order chi connectivity index (χ1) is 7.75. The lowest BCUT2D eigenvalue weighted by atomic mass is 10.0. The van der Waals surface area contributed by atoms with Crippen molar-refractivity contribution in [1.29, 1.82) is 0 Å². The summed E-state index contributed by atoms with van der Waals surface area (Å²) in [5, 5.41) is 5.27. The lowest BCUT2D eigenvalue weighted by Gasteiger charge is -2.17. The van der Waals surface area contributed by atoms with Gasteiger partial charge in [0.2, 0.25) is 5.91 Å². The number of nitrogens with zero attached hydrogens (tertiary/aromatic N) is 2. The van der Waals surface area contributed by atoms with Crippen molar-refractivity contribution in [3.63, 3.8) is 0 Å². The van der Waals surface area contributed by atoms with Gasteiger partial charge in [0.05, 0.1) is 17.7 Å². The van der Waals surface area contributed by atoms with E-state index in [4.69, 9.17) is 0 Å². The van der Waals surface area contributed by atoms with Gasteiger partial charge in [-0.1, -0.05) is 0 Å². The van der Waals surface area contributed by atoms with E-state index in [1.165, 1.54) is 0 Å². The molecular formula is C11H17N3OS.